The zero-order valence-electron chi connectivity index (χ0n) is 16.0. The number of thioether (sulfide) groups is 1. The van der Waals surface area contributed by atoms with Crippen molar-refractivity contribution in [3.05, 3.63) is 50.2 Å². The van der Waals surface area contributed by atoms with E-state index in [1.807, 2.05) is 0 Å². The minimum Gasteiger partial charge on any atom is -0.480 e. The van der Waals surface area contributed by atoms with E-state index in [0.717, 1.165) is 38.1 Å². The third-order valence-electron chi connectivity index (χ3n) is 7.34. The number of amides is 2. The molecule has 2 aliphatic carbocycles. The lowest BCUT2D eigenvalue weighted by atomic mass is 9.68. The molecular formula is C21H17FN2O5S2. The maximum atomic E-state index is 13.6. The third kappa shape index (κ3) is 2.57. The second-order valence-corrected chi connectivity index (χ2v) is 10.9. The van der Waals surface area contributed by atoms with Crippen LogP contribution in [0.5, 0.6) is 0 Å². The summed E-state index contributed by atoms with van der Waals surface area (Å²) in [6.07, 6.45) is 0.729. The van der Waals surface area contributed by atoms with Gasteiger partial charge in [0.1, 0.15) is 12.4 Å². The molecule has 3 fully saturated rings. The quantitative estimate of drug-likeness (QED) is 0.680. The number of aromatic amines is 1. The Balaban J connectivity index is 1.45. The van der Waals surface area contributed by atoms with Gasteiger partial charge in [-0.15, -0.1) is 11.8 Å². The second kappa shape index (κ2) is 6.52. The summed E-state index contributed by atoms with van der Waals surface area (Å²) >= 11 is 2.71. The maximum Gasteiger partial charge on any atom is 0.323 e. The SMILES string of the molecule is O=C(O)CN1C(=O)[C@@H]2[C@@H]3C[C@@H]([C@H]4Sc5[nH]c(=O)sc5[C@@H](c5ccc(F)cc5)[C@H]34)[C@@H]2C1=O. The van der Waals surface area contributed by atoms with Gasteiger partial charge in [0.15, 0.2) is 0 Å². The molecule has 1 aromatic heterocycles. The molecule has 31 heavy (non-hydrogen) atoms. The van der Waals surface area contributed by atoms with Crippen molar-refractivity contribution in [1.82, 2.24) is 9.88 Å². The van der Waals surface area contributed by atoms with Crippen LogP contribution < -0.4 is 4.87 Å². The van der Waals surface area contributed by atoms with E-state index in [-0.39, 0.29) is 51.4 Å². The molecule has 2 saturated carbocycles. The van der Waals surface area contributed by atoms with Crippen LogP contribution in [0.25, 0.3) is 0 Å². The van der Waals surface area contributed by atoms with Crippen molar-refractivity contribution in [3.63, 3.8) is 0 Å². The first-order chi connectivity index (χ1) is 14.8. The van der Waals surface area contributed by atoms with E-state index < -0.39 is 24.3 Å². The molecule has 2 N–H and O–H groups in total. The zero-order chi connectivity index (χ0) is 21.6. The molecule has 1 saturated heterocycles. The maximum absolute atomic E-state index is 13.6. The molecule has 3 heterocycles. The number of rotatable bonds is 3. The fourth-order valence-corrected chi connectivity index (χ4v) is 9.30. The number of carbonyl (C=O) groups excluding carboxylic acids is 2. The Kier molecular flexibility index (Phi) is 4.05. The van der Waals surface area contributed by atoms with Gasteiger partial charge in [0.25, 0.3) is 0 Å². The Morgan fingerprint density at radius 3 is 2.48 bits per heavy atom. The first kappa shape index (κ1) is 19.2. The van der Waals surface area contributed by atoms with Gasteiger partial charge in [-0.3, -0.25) is 24.1 Å². The molecule has 0 radical (unpaired) electrons. The number of likely N-dealkylation sites (tertiary alicyclic amines) is 1. The van der Waals surface area contributed by atoms with E-state index in [1.54, 1.807) is 23.9 Å². The average molecular weight is 461 g/mol. The largest absolute Gasteiger partial charge is 0.480 e. The number of hydrogen-bond donors (Lipinski definition) is 2. The number of imide groups is 1. The van der Waals surface area contributed by atoms with Crippen LogP contribution in [0.15, 0.2) is 34.1 Å². The fourth-order valence-electron chi connectivity index (χ4n) is 6.41. The summed E-state index contributed by atoms with van der Waals surface area (Å²) in [6.45, 7) is -0.603. The van der Waals surface area contributed by atoms with Crippen LogP contribution in [-0.4, -0.2) is 44.6 Å². The number of H-pyrrole nitrogens is 1. The zero-order valence-corrected chi connectivity index (χ0v) is 17.6. The van der Waals surface area contributed by atoms with E-state index in [0.29, 0.717) is 0 Å². The standard InChI is InChI=1S/C21H17FN2O5S2/c22-8-3-1-7(2-4-8)12-13-9-5-10(16(13)30-18-17(12)31-21(29)23-18)15-14(9)19(27)24(20(15)28)6-11(25)26/h1-4,9-10,12-16H,5-6H2,(H,23,29)(H,25,26)/t9-,10-,12+,13+,14-,15+,16-/m1/s1. The summed E-state index contributed by atoms with van der Waals surface area (Å²) in [4.78, 5) is 53.9. The first-order valence-electron chi connectivity index (χ1n) is 10.1. The van der Waals surface area contributed by atoms with Gasteiger partial charge in [0.05, 0.1) is 16.9 Å². The smallest absolute Gasteiger partial charge is 0.323 e. The number of hydrogen-bond acceptors (Lipinski definition) is 6. The minimum absolute atomic E-state index is 0.0159. The summed E-state index contributed by atoms with van der Waals surface area (Å²) in [5.74, 6) is -3.62. The number of carboxylic acids is 1. The lowest BCUT2D eigenvalue weighted by Crippen LogP contribution is -2.42. The summed E-state index contributed by atoms with van der Waals surface area (Å²) < 4.78 is 13.6. The van der Waals surface area contributed by atoms with E-state index in [1.165, 1.54) is 12.1 Å². The summed E-state index contributed by atoms with van der Waals surface area (Å²) in [6, 6.07) is 6.25. The number of benzene rings is 1. The number of carbonyl (C=O) groups is 3. The predicted octanol–water partition coefficient (Wildman–Crippen LogP) is 2.13. The molecule has 6 rings (SSSR count). The average Bonchev–Trinajstić information content (AvgIpc) is 3.44. The molecule has 1 aromatic carbocycles. The normalized spacial score (nSPS) is 35.3. The highest BCUT2D eigenvalue weighted by molar-refractivity contribution is 8.00. The fraction of sp³-hybridized carbons (Fsp3) is 0.429. The van der Waals surface area contributed by atoms with Crippen molar-refractivity contribution in [3.8, 4) is 0 Å². The van der Waals surface area contributed by atoms with E-state index in [9.17, 15) is 23.6 Å². The summed E-state index contributed by atoms with van der Waals surface area (Å²) in [7, 11) is 0. The number of aliphatic carboxylic acids is 1. The van der Waals surface area contributed by atoms with Gasteiger partial charge in [-0.25, -0.2) is 4.39 Å². The highest BCUT2D eigenvalue weighted by atomic mass is 32.2. The van der Waals surface area contributed by atoms with Gasteiger partial charge < -0.3 is 10.1 Å². The highest BCUT2D eigenvalue weighted by Gasteiger charge is 2.69. The molecule has 2 bridgehead atoms. The van der Waals surface area contributed by atoms with Crippen LogP contribution in [0.1, 0.15) is 22.8 Å². The molecule has 2 aliphatic heterocycles. The molecule has 10 heteroatoms. The summed E-state index contributed by atoms with van der Waals surface area (Å²) in [5, 5.41) is 9.96. The topological polar surface area (TPSA) is 108 Å². The van der Waals surface area contributed by atoms with Crippen molar-refractivity contribution in [2.24, 2.45) is 29.6 Å². The molecular weight excluding hydrogens is 443 g/mol. The van der Waals surface area contributed by atoms with E-state index in [2.05, 4.69) is 4.98 Å². The molecule has 0 spiro atoms. The van der Waals surface area contributed by atoms with Crippen LogP contribution in [0.4, 0.5) is 4.39 Å². The van der Waals surface area contributed by atoms with Crippen LogP contribution in [0.3, 0.4) is 0 Å². The van der Waals surface area contributed by atoms with Crippen LogP contribution in [0, 0.1) is 35.4 Å². The minimum atomic E-state index is -1.20. The number of nitrogens with one attached hydrogen (secondary N) is 1. The number of aromatic nitrogens is 1. The number of carboxylic acid groups (broad SMARTS) is 1. The Labute approximate surface area is 183 Å². The first-order valence-corrected chi connectivity index (χ1v) is 11.8. The number of fused-ring (bicyclic) bond motifs is 9. The van der Waals surface area contributed by atoms with Crippen molar-refractivity contribution >= 4 is 40.9 Å². The molecule has 4 aliphatic rings. The monoisotopic (exact) mass is 460 g/mol. The molecule has 2 aromatic rings. The van der Waals surface area contributed by atoms with Gasteiger partial charge in [-0.05, 0) is 41.9 Å². The van der Waals surface area contributed by atoms with Crippen molar-refractivity contribution in [1.29, 1.82) is 0 Å². The highest BCUT2D eigenvalue weighted by Crippen LogP contribution is 2.68. The van der Waals surface area contributed by atoms with Crippen LogP contribution in [0.2, 0.25) is 0 Å². The van der Waals surface area contributed by atoms with Crippen molar-refractivity contribution in [2.45, 2.75) is 22.6 Å². The Morgan fingerprint density at radius 1 is 1.13 bits per heavy atom. The second-order valence-electron chi connectivity index (χ2n) is 8.67. The Morgan fingerprint density at radius 2 is 1.81 bits per heavy atom. The van der Waals surface area contributed by atoms with Gasteiger partial charge in [0, 0.05) is 16.0 Å². The van der Waals surface area contributed by atoms with Gasteiger partial charge in [-0.1, -0.05) is 23.5 Å². The Bertz CT molecular complexity index is 1190. The Hall–Kier alpha value is -2.46. The lowest BCUT2D eigenvalue weighted by molar-refractivity contribution is -0.149. The van der Waals surface area contributed by atoms with Gasteiger partial charge >= 0.3 is 10.8 Å². The predicted molar refractivity (Wildman–Crippen MR) is 109 cm³/mol. The molecule has 7 nitrogen and oxygen atoms in total. The summed E-state index contributed by atoms with van der Waals surface area (Å²) in [5.41, 5.74) is 0.886. The molecule has 160 valence electrons. The molecule has 0 unspecified atom stereocenters. The van der Waals surface area contributed by atoms with Crippen LogP contribution >= 0.6 is 23.1 Å². The number of thiazole rings is 1. The lowest BCUT2D eigenvalue weighted by Gasteiger charge is -2.43. The molecule has 2 amide bonds. The third-order valence-corrected chi connectivity index (χ3v) is 9.93. The number of halogens is 1. The van der Waals surface area contributed by atoms with E-state index in [4.69, 9.17) is 5.11 Å². The van der Waals surface area contributed by atoms with E-state index >= 15 is 0 Å². The number of nitrogens with zero attached hydrogens (tertiary/aromatic N) is 1. The van der Waals surface area contributed by atoms with Gasteiger partial charge in [0.2, 0.25) is 11.8 Å². The van der Waals surface area contributed by atoms with Crippen molar-refractivity contribution in [2.75, 3.05) is 6.54 Å². The van der Waals surface area contributed by atoms with Crippen LogP contribution in [-0.2, 0) is 14.4 Å². The van der Waals surface area contributed by atoms with Crippen molar-refractivity contribution < 1.29 is 23.9 Å². The molecule has 7 atom stereocenters. The van der Waals surface area contributed by atoms with Gasteiger partial charge in [-0.2, -0.15) is 0 Å².